The molecule has 2 heterocycles. The molecule has 4 rings (SSSR count). The highest BCUT2D eigenvalue weighted by Crippen LogP contribution is 2.35. The Morgan fingerprint density at radius 3 is 2.62 bits per heavy atom. The zero-order valence-corrected chi connectivity index (χ0v) is 14.6. The van der Waals surface area contributed by atoms with E-state index in [1.165, 1.54) is 38.9 Å². The highest BCUT2D eigenvalue weighted by atomic mass is 16.5. The molecule has 1 atom stereocenters. The molecule has 3 heteroatoms. The lowest BCUT2D eigenvalue weighted by atomic mass is 9.92. The summed E-state index contributed by atoms with van der Waals surface area (Å²) < 4.78 is 5.69. The molecule has 3 nitrogen and oxygen atoms in total. The van der Waals surface area contributed by atoms with Gasteiger partial charge in [-0.05, 0) is 56.5 Å². The molecule has 2 N–H and O–H groups in total. The quantitative estimate of drug-likeness (QED) is 0.749. The van der Waals surface area contributed by atoms with Crippen molar-refractivity contribution in [3.05, 3.63) is 64.3 Å². The Bertz CT molecular complexity index is 874. The molecule has 0 aliphatic carbocycles. The van der Waals surface area contributed by atoms with Crippen LogP contribution in [-0.4, -0.2) is 18.1 Å². The van der Waals surface area contributed by atoms with Crippen LogP contribution < -0.4 is 10.1 Å². The van der Waals surface area contributed by atoms with E-state index < -0.39 is 0 Å². The molecule has 1 aliphatic heterocycles. The average Bonchev–Trinajstić information content (AvgIpc) is 2.92. The van der Waals surface area contributed by atoms with Gasteiger partial charge < -0.3 is 15.0 Å². The van der Waals surface area contributed by atoms with E-state index in [9.17, 15) is 0 Å². The number of H-pyrrole nitrogens is 1. The van der Waals surface area contributed by atoms with Crippen molar-refractivity contribution in [1.82, 2.24) is 10.3 Å². The number of hydrogen-bond acceptors (Lipinski definition) is 2. The summed E-state index contributed by atoms with van der Waals surface area (Å²) in [5.41, 5.74) is 7.89. The van der Waals surface area contributed by atoms with Gasteiger partial charge in [0.05, 0.1) is 12.6 Å². The van der Waals surface area contributed by atoms with Crippen LogP contribution in [0, 0.1) is 13.8 Å². The Labute approximate surface area is 143 Å². The molecule has 1 aliphatic rings. The number of fused-ring (bicyclic) bond motifs is 3. The number of benzene rings is 2. The molecule has 1 aromatic heterocycles. The van der Waals surface area contributed by atoms with Crippen LogP contribution in [-0.2, 0) is 6.42 Å². The zero-order valence-electron chi connectivity index (χ0n) is 14.6. The zero-order chi connectivity index (χ0) is 16.7. The van der Waals surface area contributed by atoms with Crippen LogP contribution in [0.15, 0.2) is 36.4 Å². The van der Waals surface area contributed by atoms with Crippen molar-refractivity contribution in [2.45, 2.75) is 33.2 Å². The van der Waals surface area contributed by atoms with Gasteiger partial charge in [-0.25, -0.2) is 0 Å². The summed E-state index contributed by atoms with van der Waals surface area (Å²) >= 11 is 0. The van der Waals surface area contributed by atoms with E-state index in [1.807, 2.05) is 13.0 Å². The van der Waals surface area contributed by atoms with Gasteiger partial charge in [0.2, 0.25) is 0 Å². The first-order chi connectivity index (χ1) is 11.7. The van der Waals surface area contributed by atoms with Crippen LogP contribution in [0.1, 0.15) is 40.9 Å². The fourth-order valence-electron chi connectivity index (χ4n) is 3.92. The van der Waals surface area contributed by atoms with Gasteiger partial charge in [-0.2, -0.15) is 0 Å². The lowest BCUT2D eigenvalue weighted by Gasteiger charge is -2.25. The third-order valence-corrected chi connectivity index (χ3v) is 4.81. The van der Waals surface area contributed by atoms with Crippen molar-refractivity contribution in [2.24, 2.45) is 0 Å². The normalized spacial score (nSPS) is 17.0. The van der Waals surface area contributed by atoms with E-state index in [4.69, 9.17) is 4.74 Å². The number of hydrogen-bond donors (Lipinski definition) is 2. The second-order valence-electron chi connectivity index (χ2n) is 6.72. The van der Waals surface area contributed by atoms with Crippen LogP contribution in [0.2, 0.25) is 0 Å². The summed E-state index contributed by atoms with van der Waals surface area (Å²) in [5, 5.41) is 4.98. The average molecular weight is 320 g/mol. The van der Waals surface area contributed by atoms with Gasteiger partial charge in [-0.15, -0.1) is 0 Å². The van der Waals surface area contributed by atoms with E-state index in [0.717, 1.165) is 18.7 Å². The standard InChI is InChI=1S/C21H24N2O/c1-4-24-16-5-6-19-18(12-16)17-7-8-22-20(21(17)23-19)15-10-13(2)9-14(3)11-15/h5-6,9-12,20,22-23H,4,7-8H2,1-3H3. The Kier molecular flexibility index (Phi) is 3.81. The summed E-state index contributed by atoms with van der Waals surface area (Å²) in [6.45, 7) is 8.05. The smallest absolute Gasteiger partial charge is 0.120 e. The van der Waals surface area contributed by atoms with Crippen LogP contribution in [0.3, 0.4) is 0 Å². The maximum absolute atomic E-state index is 5.69. The second-order valence-corrected chi connectivity index (χ2v) is 6.72. The second kappa shape index (κ2) is 5.99. The van der Waals surface area contributed by atoms with Crippen molar-refractivity contribution >= 4 is 10.9 Å². The summed E-state index contributed by atoms with van der Waals surface area (Å²) in [4.78, 5) is 3.65. The Balaban J connectivity index is 1.84. The number of nitrogens with one attached hydrogen (secondary N) is 2. The van der Waals surface area contributed by atoms with Crippen LogP contribution in [0.25, 0.3) is 10.9 Å². The summed E-state index contributed by atoms with van der Waals surface area (Å²) in [6.07, 6.45) is 1.05. The van der Waals surface area contributed by atoms with E-state index in [-0.39, 0.29) is 6.04 Å². The molecule has 0 bridgehead atoms. The number of aromatic nitrogens is 1. The maximum atomic E-state index is 5.69. The minimum atomic E-state index is 0.232. The van der Waals surface area contributed by atoms with Crippen molar-refractivity contribution in [2.75, 3.05) is 13.2 Å². The molecule has 24 heavy (non-hydrogen) atoms. The first kappa shape index (κ1) is 15.3. The Morgan fingerprint density at radius 2 is 1.88 bits per heavy atom. The molecule has 0 saturated carbocycles. The summed E-state index contributed by atoms with van der Waals surface area (Å²) in [6, 6.07) is 13.4. The van der Waals surface area contributed by atoms with Crippen molar-refractivity contribution in [1.29, 1.82) is 0 Å². The molecule has 3 aromatic rings. The number of rotatable bonds is 3. The van der Waals surface area contributed by atoms with Crippen molar-refractivity contribution < 1.29 is 4.74 Å². The number of aromatic amines is 1. The summed E-state index contributed by atoms with van der Waals surface area (Å²) in [5.74, 6) is 0.952. The van der Waals surface area contributed by atoms with Gasteiger partial charge in [-0.3, -0.25) is 0 Å². The minimum Gasteiger partial charge on any atom is -0.494 e. The summed E-state index contributed by atoms with van der Waals surface area (Å²) in [7, 11) is 0. The van der Waals surface area contributed by atoms with Crippen molar-refractivity contribution in [3.63, 3.8) is 0 Å². The topological polar surface area (TPSA) is 37.0 Å². The number of aryl methyl sites for hydroxylation is 2. The van der Waals surface area contributed by atoms with E-state index in [0.29, 0.717) is 6.61 Å². The van der Waals surface area contributed by atoms with Gasteiger partial charge in [0.1, 0.15) is 5.75 Å². The molecule has 0 spiro atoms. The van der Waals surface area contributed by atoms with Gasteiger partial charge in [0, 0.05) is 23.1 Å². The van der Waals surface area contributed by atoms with Crippen molar-refractivity contribution in [3.8, 4) is 5.75 Å². The molecule has 2 aromatic carbocycles. The fourth-order valence-corrected chi connectivity index (χ4v) is 3.92. The highest BCUT2D eigenvalue weighted by molar-refractivity contribution is 5.86. The third kappa shape index (κ3) is 2.59. The number of ether oxygens (including phenoxy) is 1. The van der Waals surface area contributed by atoms with E-state index >= 15 is 0 Å². The molecule has 0 amide bonds. The van der Waals surface area contributed by atoms with Gasteiger partial charge >= 0.3 is 0 Å². The van der Waals surface area contributed by atoms with Gasteiger partial charge in [0.15, 0.2) is 0 Å². The first-order valence-electron chi connectivity index (χ1n) is 8.74. The minimum absolute atomic E-state index is 0.232. The van der Waals surface area contributed by atoms with Crippen LogP contribution in [0.5, 0.6) is 5.75 Å². The molecule has 124 valence electrons. The van der Waals surface area contributed by atoms with Crippen LogP contribution in [0.4, 0.5) is 0 Å². The molecule has 0 radical (unpaired) electrons. The SMILES string of the molecule is CCOc1ccc2[nH]c3c(c2c1)CCNC3c1cc(C)cc(C)c1. The van der Waals surface area contributed by atoms with Gasteiger partial charge in [0.25, 0.3) is 0 Å². The predicted octanol–water partition coefficient (Wildman–Crippen LogP) is 4.42. The van der Waals surface area contributed by atoms with Crippen LogP contribution >= 0.6 is 0 Å². The Hall–Kier alpha value is -2.26. The molecule has 1 unspecified atom stereocenters. The fraction of sp³-hybridized carbons (Fsp3) is 0.333. The Morgan fingerprint density at radius 1 is 1.08 bits per heavy atom. The molecular weight excluding hydrogens is 296 g/mol. The van der Waals surface area contributed by atoms with E-state index in [2.05, 4.69) is 54.5 Å². The van der Waals surface area contributed by atoms with Gasteiger partial charge in [-0.1, -0.05) is 29.3 Å². The molecule has 0 saturated heterocycles. The monoisotopic (exact) mass is 320 g/mol. The maximum Gasteiger partial charge on any atom is 0.120 e. The third-order valence-electron chi connectivity index (χ3n) is 4.81. The first-order valence-corrected chi connectivity index (χ1v) is 8.74. The lowest BCUT2D eigenvalue weighted by molar-refractivity contribution is 0.340. The predicted molar refractivity (Wildman–Crippen MR) is 98.9 cm³/mol. The molecular formula is C21H24N2O. The molecule has 0 fully saturated rings. The van der Waals surface area contributed by atoms with E-state index in [1.54, 1.807) is 0 Å². The lowest BCUT2D eigenvalue weighted by Crippen LogP contribution is -2.30. The largest absolute Gasteiger partial charge is 0.494 e. The highest BCUT2D eigenvalue weighted by Gasteiger charge is 2.25.